The zero-order valence-corrected chi connectivity index (χ0v) is 14.5. The average molecular weight is 353 g/mol. The molecule has 6 nitrogen and oxygen atoms in total. The lowest BCUT2D eigenvalue weighted by atomic mass is 10.1. The first-order valence-corrected chi connectivity index (χ1v) is 8.78. The molecule has 0 aliphatic carbocycles. The Morgan fingerprint density at radius 3 is 2.58 bits per heavy atom. The molecule has 2 aromatic carbocycles. The molecule has 136 valence electrons. The first kappa shape index (κ1) is 17.9. The van der Waals surface area contributed by atoms with Crippen LogP contribution in [0.25, 0.3) is 0 Å². The third kappa shape index (κ3) is 5.32. The van der Waals surface area contributed by atoms with Crippen molar-refractivity contribution in [3.8, 4) is 5.75 Å². The van der Waals surface area contributed by atoms with Crippen molar-refractivity contribution in [2.75, 3.05) is 25.0 Å². The van der Waals surface area contributed by atoms with E-state index in [-0.39, 0.29) is 18.2 Å². The van der Waals surface area contributed by atoms with Crippen LogP contribution in [0, 0.1) is 0 Å². The van der Waals surface area contributed by atoms with Crippen molar-refractivity contribution in [2.45, 2.75) is 18.9 Å². The van der Waals surface area contributed by atoms with Crippen molar-refractivity contribution >= 4 is 17.5 Å². The van der Waals surface area contributed by atoms with Crippen LogP contribution >= 0.6 is 0 Å². The number of piperazine rings is 1. The Balaban J connectivity index is 1.43. The van der Waals surface area contributed by atoms with Gasteiger partial charge in [-0.1, -0.05) is 30.3 Å². The molecule has 0 aromatic heterocycles. The summed E-state index contributed by atoms with van der Waals surface area (Å²) in [6.07, 6.45) is 0.955. The predicted octanol–water partition coefficient (Wildman–Crippen LogP) is 1.72. The number of nitrogens with one attached hydrogen (secondary N) is 3. The molecule has 1 aliphatic rings. The normalized spacial score (nSPS) is 16.6. The van der Waals surface area contributed by atoms with Crippen LogP contribution in [0.4, 0.5) is 5.69 Å². The Bertz CT molecular complexity index is 732. The minimum Gasteiger partial charge on any atom is -0.493 e. The van der Waals surface area contributed by atoms with E-state index < -0.39 is 6.04 Å². The van der Waals surface area contributed by atoms with Crippen molar-refractivity contribution in [2.24, 2.45) is 0 Å². The summed E-state index contributed by atoms with van der Waals surface area (Å²) in [5.74, 6) is 0.429. The minimum atomic E-state index is -0.468. The lowest BCUT2D eigenvalue weighted by molar-refractivity contribution is -0.127. The number of ether oxygens (including phenoxy) is 1. The lowest BCUT2D eigenvalue weighted by Crippen LogP contribution is -2.53. The van der Waals surface area contributed by atoms with E-state index in [4.69, 9.17) is 4.74 Å². The molecule has 1 fully saturated rings. The quantitative estimate of drug-likeness (QED) is 0.708. The highest BCUT2D eigenvalue weighted by molar-refractivity contribution is 5.95. The molecular formula is C20H23N3O3. The molecule has 6 heteroatoms. The number of hydrogen-bond acceptors (Lipinski definition) is 4. The fraction of sp³-hybridized carbons (Fsp3) is 0.300. The molecular weight excluding hydrogens is 330 g/mol. The SMILES string of the molecule is O=C(CC1NCCNC1=O)Nc1ccc(OCCc2ccccc2)cc1. The number of anilines is 1. The fourth-order valence-corrected chi connectivity index (χ4v) is 2.78. The van der Waals surface area contributed by atoms with Crippen LogP contribution < -0.4 is 20.7 Å². The summed E-state index contributed by atoms with van der Waals surface area (Å²) in [5.41, 5.74) is 1.92. The molecule has 0 radical (unpaired) electrons. The maximum atomic E-state index is 12.1. The Morgan fingerprint density at radius 2 is 1.85 bits per heavy atom. The first-order chi connectivity index (χ1) is 12.7. The van der Waals surface area contributed by atoms with E-state index in [2.05, 4.69) is 28.1 Å². The van der Waals surface area contributed by atoms with Crippen LogP contribution in [0.1, 0.15) is 12.0 Å². The van der Waals surface area contributed by atoms with Crippen LogP contribution in [0.2, 0.25) is 0 Å². The van der Waals surface area contributed by atoms with Gasteiger partial charge < -0.3 is 20.7 Å². The molecule has 1 saturated heterocycles. The van der Waals surface area contributed by atoms with E-state index in [9.17, 15) is 9.59 Å². The van der Waals surface area contributed by atoms with Crippen LogP contribution in [0.5, 0.6) is 5.75 Å². The largest absolute Gasteiger partial charge is 0.493 e. The van der Waals surface area contributed by atoms with Crippen molar-refractivity contribution < 1.29 is 14.3 Å². The number of amides is 2. The van der Waals surface area contributed by atoms with Gasteiger partial charge in [-0.05, 0) is 29.8 Å². The molecule has 1 aliphatic heterocycles. The summed E-state index contributed by atoms with van der Waals surface area (Å²) in [5, 5.41) is 8.59. The van der Waals surface area contributed by atoms with Crippen molar-refractivity contribution in [3.63, 3.8) is 0 Å². The second kappa shape index (κ2) is 9.01. The number of carbonyl (C=O) groups excluding carboxylic acids is 2. The summed E-state index contributed by atoms with van der Waals surface area (Å²) < 4.78 is 5.73. The summed E-state index contributed by atoms with van der Waals surface area (Å²) in [7, 11) is 0. The second-order valence-corrected chi connectivity index (χ2v) is 6.16. The maximum absolute atomic E-state index is 12.1. The molecule has 1 heterocycles. The van der Waals surface area contributed by atoms with Gasteiger partial charge >= 0.3 is 0 Å². The highest BCUT2D eigenvalue weighted by atomic mass is 16.5. The fourth-order valence-electron chi connectivity index (χ4n) is 2.78. The summed E-state index contributed by atoms with van der Waals surface area (Å²) >= 11 is 0. The highest BCUT2D eigenvalue weighted by Crippen LogP contribution is 2.16. The molecule has 1 unspecified atom stereocenters. The topological polar surface area (TPSA) is 79.5 Å². The van der Waals surface area contributed by atoms with E-state index >= 15 is 0 Å². The van der Waals surface area contributed by atoms with Gasteiger partial charge in [0.1, 0.15) is 5.75 Å². The van der Waals surface area contributed by atoms with E-state index in [0.717, 1.165) is 12.2 Å². The molecule has 3 N–H and O–H groups in total. The van der Waals surface area contributed by atoms with Gasteiger partial charge in [-0.3, -0.25) is 9.59 Å². The lowest BCUT2D eigenvalue weighted by Gasteiger charge is -2.22. The van der Waals surface area contributed by atoms with Gasteiger partial charge in [-0.2, -0.15) is 0 Å². The first-order valence-electron chi connectivity index (χ1n) is 8.78. The van der Waals surface area contributed by atoms with E-state index in [1.807, 2.05) is 30.3 Å². The second-order valence-electron chi connectivity index (χ2n) is 6.16. The molecule has 0 saturated carbocycles. The van der Waals surface area contributed by atoms with E-state index in [1.54, 1.807) is 12.1 Å². The van der Waals surface area contributed by atoms with Gasteiger partial charge in [0.25, 0.3) is 0 Å². The predicted molar refractivity (Wildman–Crippen MR) is 100 cm³/mol. The van der Waals surface area contributed by atoms with Gasteiger partial charge in [0, 0.05) is 25.2 Å². The molecule has 2 aromatic rings. The standard InChI is InChI=1S/C20H23N3O3/c24-19(14-18-20(25)22-12-11-21-18)23-16-6-8-17(9-7-16)26-13-10-15-4-2-1-3-5-15/h1-9,18,21H,10-14H2,(H,22,25)(H,23,24). The zero-order chi connectivity index (χ0) is 18.2. The maximum Gasteiger partial charge on any atom is 0.237 e. The zero-order valence-electron chi connectivity index (χ0n) is 14.5. The minimum absolute atomic E-state index is 0.112. The van der Waals surface area contributed by atoms with Gasteiger partial charge in [0.2, 0.25) is 11.8 Å². The van der Waals surface area contributed by atoms with Crippen molar-refractivity contribution in [3.05, 3.63) is 60.2 Å². The molecule has 1 atom stereocenters. The molecule has 2 amide bonds. The number of rotatable bonds is 7. The van der Waals surface area contributed by atoms with Crippen molar-refractivity contribution in [1.29, 1.82) is 0 Å². The Labute approximate surface area is 152 Å². The average Bonchev–Trinajstić information content (AvgIpc) is 2.66. The van der Waals surface area contributed by atoms with Crippen LogP contribution in [0.15, 0.2) is 54.6 Å². The van der Waals surface area contributed by atoms with Gasteiger partial charge in [0.15, 0.2) is 0 Å². The summed E-state index contributed by atoms with van der Waals surface area (Å²) in [6.45, 7) is 1.87. The van der Waals surface area contributed by atoms with Crippen LogP contribution in [0.3, 0.4) is 0 Å². The molecule has 26 heavy (non-hydrogen) atoms. The molecule has 0 spiro atoms. The van der Waals surface area contributed by atoms with Gasteiger partial charge in [-0.25, -0.2) is 0 Å². The molecule has 0 bridgehead atoms. The Hall–Kier alpha value is -2.86. The van der Waals surface area contributed by atoms with Crippen LogP contribution in [-0.2, 0) is 16.0 Å². The third-order valence-corrected chi connectivity index (χ3v) is 4.16. The smallest absolute Gasteiger partial charge is 0.237 e. The van der Waals surface area contributed by atoms with E-state index in [0.29, 0.717) is 25.4 Å². The van der Waals surface area contributed by atoms with Crippen molar-refractivity contribution in [1.82, 2.24) is 10.6 Å². The number of carbonyl (C=O) groups is 2. The summed E-state index contributed by atoms with van der Waals surface area (Å²) in [6, 6.07) is 16.9. The Kier molecular flexibility index (Phi) is 6.22. The number of hydrogen-bond donors (Lipinski definition) is 3. The monoisotopic (exact) mass is 353 g/mol. The highest BCUT2D eigenvalue weighted by Gasteiger charge is 2.23. The Morgan fingerprint density at radius 1 is 1.08 bits per heavy atom. The van der Waals surface area contributed by atoms with E-state index in [1.165, 1.54) is 5.56 Å². The molecule has 3 rings (SSSR count). The van der Waals surface area contributed by atoms with Crippen LogP contribution in [-0.4, -0.2) is 37.6 Å². The van der Waals surface area contributed by atoms with Gasteiger partial charge in [-0.15, -0.1) is 0 Å². The third-order valence-electron chi connectivity index (χ3n) is 4.16. The number of benzene rings is 2. The van der Waals surface area contributed by atoms with Gasteiger partial charge in [0.05, 0.1) is 19.1 Å². The summed E-state index contributed by atoms with van der Waals surface area (Å²) in [4.78, 5) is 23.7.